The molecule has 2 aliphatic heterocycles. The molecule has 7 nitrogen and oxygen atoms in total. The molecule has 0 amide bonds. The summed E-state index contributed by atoms with van der Waals surface area (Å²) in [6, 6.07) is 1.87. The lowest BCUT2D eigenvalue weighted by molar-refractivity contribution is 0.00955. The van der Waals surface area contributed by atoms with Gasteiger partial charge in [-0.15, -0.1) is 0 Å². The number of fused-ring (bicyclic) bond motifs is 1. The Bertz CT molecular complexity index is 839. The monoisotopic (exact) mass is 357 g/mol. The van der Waals surface area contributed by atoms with Crippen LogP contribution in [0.5, 0.6) is 0 Å². The lowest BCUT2D eigenvalue weighted by Gasteiger charge is -2.20. The largest absolute Gasteiger partial charge is 0.451 e. The van der Waals surface area contributed by atoms with Crippen LogP contribution in [0.3, 0.4) is 0 Å². The van der Waals surface area contributed by atoms with Gasteiger partial charge in [0.2, 0.25) is 0 Å². The molecule has 138 valence electrons. The molecule has 2 aromatic heterocycles. The standard InChI is InChI=1S/C19H23N3O4/c1-11-14(12(2)26-21-11)10-24-13-6-8-22(9-13)17-16-15(5-7-20-17)19(3,4)25-18(16)23/h5,7,13H,6,8-10H2,1-4H3. The first kappa shape index (κ1) is 17.0. The van der Waals surface area contributed by atoms with Crippen LogP contribution in [0, 0.1) is 13.8 Å². The van der Waals surface area contributed by atoms with Crippen molar-refractivity contribution in [1.82, 2.24) is 10.1 Å². The number of carbonyl (C=O) groups excluding carboxylic acids is 1. The first-order valence-corrected chi connectivity index (χ1v) is 8.88. The Morgan fingerprint density at radius 2 is 2.19 bits per heavy atom. The van der Waals surface area contributed by atoms with E-state index in [1.807, 2.05) is 33.8 Å². The van der Waals surface area contributed by atoms with Gasteiger partial charge in [0.1, 0.15) is 22.7 Å². The number of pyridine rings is 1. The van der Waals surface area contributed by atoms with E-state index in [1.54, 1.807) is 6.20 Å². The van der Waals surface area contributed by atoms with E-state index in [1.165, 1.54) is 0 Å². The number of aryl methyl sites for hydroxylation is 2. The van der Waals surface area contributed by atoms with Crippen molar-refractivity contribution in [2.45, 2.75) is 52.4 Å². The molecule has 0 spiro atoms. The molecule has 0 saturated carbocycles. The van der Waals surface area contributed by atoms with E-state index < -0.39 is 5.60 Å². The van der Waals surface area contributed by atoms with Gasteiger partial charge >= 0.3 is 5.97 Å². The fourth-order valence-corrected chi connectivity index (χ4v) is 3.70. The Balaban J connectivity index is 1.49. The van der Waals surface area contributed by atoms with E-state index in [0.29, 0.717) is 24.5 Å². The number of anilines is 1. The van der Waals surface area contributed by atoms with Crippen molar-refractivity contribution in [2.24, 2.45) is 0 Å². The summed E-state index contributed by atoms with van der Waals surface area (Å²) in [5, 5.41) is 3.96. The van der Waals surface area contributed by atoms with Crippen molar-refractivity contribution in [2.75, 3.05) is 18.0 Å². The minimum atomic E-state index is -0.608. The van der Waals surface area contributed by atoms with E-state index in [-0.39, 0.29) is 12.1 Å². The number of rotatable bonds is 4. The summed E-state index contributed by atoms with van der Waals surface area (Å²) >= 11 is 0. The third kappa shape index (κ3) is 2.76. The van der Waals surface area contributed by atoms with Crippen molar-refractivity contribution >= 4 is 11.8 Å². The lowest BCUT2D eigenvalue weighted by atomic mass is 9.97. The van der Waals surface area contributed by atoms with Gasteiger partial charge in [0.25, 0.3) is 0 Å². The van der Waals surface area contributed by atoms with E-state index in [4.69, 9.17) is 14.0 Å². The zero-order valence-electron chi connectivity index (χ0n) is 15.5. The van der Waals surface area contributed by atoms with Gasteiger partial charge in [-0.3, -0.25) is 0 Å². The Morgan fingerprint density at radius 3 is 2.92 bits per heavy atom. The molecule has 0 aromatic carbocycles. The number of cyclic esters (lactones) is 1. The molecular formula is C19H23N3O4. The smallest absolute Gasteiger partial charge is 0.343 e. The Hall–Kier alpha value is -2.41. The molecule has 26 heavy (non-hydrogen) atoms. The third-order valence-electron chi connectivity index (χ3n) is 5.22. The lowest BCUT2D eigenvalue weighted by Crippen LogP contribution is -2.25. The van der Waals surface area contributed by atoms with Crippen molar-refractivity contribution in [3.05, 3.63) is 40.4 Å². The third-order valence-corrected chi connectivity index (χ3v) is 5.22. The van der Waals surface area contributed by atoms with E-state index in [9.17, 15) is 4.79 Å². The van der Waals surface area contributed by atoms with Crippen LogP contribution >= 0.6 is 0 Å². The maximum absolute atomic E-state index is 12.4. The second-order valence-electron chi connectivity index (χ2n) is 7.43. The molecule has 1 fully saturated rings. The molecule has 1 unspecified atom stereocenters. The predicted octanol–water partition coefficient (Wildman–Crippen LogP) is 2.89. The number of hydrogen-bond acceptors (Lipinski definition) is 7. The van der Waals surface area contributed by atoms with Gasteiger partial charge in [0.15, 0.2) is 0 Å². The average molecular weight is 357 g/mol. The zero-order chi connectivity index (χ0) is 18.5. The van der Waals surface area contributed by atoms with Crippen molar-refractivity contribution < 1.29 is 18.8 Å². The van der Waals surface area contributed by atoms with E-state index >= 15 is 0 Å². The minimum Gasteiger partial charge on any atom is -0.451 e. The number of carbonyl (C=O) groups is 1. The van der Waals surface area contributed by atoms with Crippen LogP contribution in [-0.4, -0.2) is 35.3 Å². The van der Waals surface area contributed by atoms with Crippen LogP contribution in [0.2, 0.25) is 0 Å². The quantitative estimate of drug-likeness (QED) is 0.779. The molecule has 1 saturated heterocycles. The molecule has 4 heterocycles. The summed E-state index contributed by atoms with van der Waals surface area (Å²) in [6.45, 7) is 9.59. The number of hydrogen-bond donors (Lipinski definition) is 0. The molecule has 7 heteroatoms. The normalized spacial score (nSPS) is 21.2. The van der Waals surface area contributed by atoms with Gasteiger partial charge < -0.3 is 18.9 Å². The maximum atomic E-state index is 12.4. The zero-order valence-corrected chi connectivity index (χ0v) is 15.5. The van der Waals surface area contributed by atoms with Gasteiger partial charge in [0.05, 0.1) is 18.4 Å². The van der Waals surface area contributed by atoms with Crippen LogP contribution in [0.15, 0.2) is 16.8 Å². The van der Waals surface area contributed by atoms with Crippen molar-refractivity contribution in [1.29, 1.82) is 0 Å². The highest BCUT2D eigenvalue weighted by atomic mass is 16.6. The fourth-order valence-electron chi connectivity index (χ4n) is 3.70. The van der Waals surface area contributed by atoms with Crippen LogP contribution in [-0.2, 0) is 21.7 Å². The first-order chi connectivity index (χ1) is 12.4. The Kier molecular flexibility index (Phi) is 3.99. The highest BCUT2D eigenvalue weighted by Gasteiger charge is 2.41. The highest BCUT2D eigenvalue weighted by molar-refractivity contribution is 5.99. The van der Waals surface area contributed by atoms with Gasteiger partial charge in [-0.1, -0.05) is 5.16 Å². The van der Waals surface area contributed by atoms with Crippen LogP contribution < -0.4 is 4.90 Å². The molecule has 0 radical (unpaired) electrons. The fraction of sp³-hybridized carbons (Fsp3) is 0.526. The number of aromatic nitrogens is 2. The summed E-state index contributed by atoms with van der Waals surface area (Å²) in [6.07, 6.45) is 2.70. The first-order valence-electron chi connectivity index (χ1n) is 8.88. The van der Waals surface area contributed by atoms with Crippen LogP contribution in [0.1, 0.15) is 53.2 Å². The molecule has 0 aliphatic carbocycles. The number of ether oxygens (including phenoxy) is 2. The topological polar surface area (TPSA) is 77.7 Å². The highest BCUT2D eigenvalue weighted by Crippen LogP contribution is 2.40. The molecular weight excluding hydrogens is 334 g/mol. The molecule has 2 aromatic rings. The minimum absolute atomic E-state index is 0.0757. The second-order valence-corrected chi connectivity index (χ2v) is 7.43. The van der Waals surface area contributed by atoms with E-state index in [0.717, 1.165) is 35.5 Å². The second kappa shape index (κ2) is 6.09. The summed E-state index contributed by atoms with van der Waals surface area (Å²) in [7, 11) is 0. The van der Waals surface area contributed by atoms with Gasteiger partial charge in [0, 0.05) is 30.4 Å². The average Bonchev–Trinajstić information content (AvgIpc) is 3.25. The Morgan fingerprint density at radius 1 is 1.38 bits per heavy atom. The van der Waals surface area contributed by atoms with Gasteiger partial charge in [-0.2, -0.15) is 0 Å². The predicted molar refractivity (Wildman–Crippen MR) is 94.1 cm³/mol. The summed E-state index contributed by atoms with van der Waals surface area (Å²) < 4.78 is 16.8. The summed E-state index contributed by atoms with van der Waals surface area (Å²) in [5.41, 5.74) is 2.75. The van der Waals surface area contributed by atoms with Crippen molar-refractivity contribution in [3.8, 4) is 0 Å². The summed E-state index contributed by atoms with van der Waals surface area (Å²) in [5.74, 6) is 1.19. The van der Waals surface area contributed by atoms with Gasteiger partial charge in [-0.05, 0) is 40.2 Å². The molecule has 1 atom stereocenters. The molecule has 2 aliphatic rings. The van der Waals surface area contributed by atoms with Gasteiger partial charge in [-0.25, -0.2) is 9.78 Å². The summed E-state index contributed by atoms with van der Waals surface area (Å²) in [4.78, 5) is 18.9. The van der Waals surface area contributed by atoms with E-state index in [2.05, 4.69) is 15.0 Å². The molecule has 0 bridgehead atoms. The van der Waals surface area contributed by atoms with Crippen molar-refractivity contribution in [3.63, 3.8) is 0 Å². The van der Waals surface area contributed by atoms with Crippen LogP contribution in [0.25, 0.3) is 0 Å². The van der Waals surface area contributed by atoms with Crippen LogP contribution in [0.4, 0.5) is 5.82 Å². The molecule has 4 rings (SSSR count). The Labute approximate surface area is 152 Å². The SMILES string of the molecule is Cc1noc(C)c1COC1CCN(c2nccc3c2C(=O)OC3(C)C)C1. The number of esters is 1. The number of nitrogens with zero attached hydrogens (tertiary/aromatic N) is 3. The maximum Gasteiger partial charge on any atom is 0.343 e. The molecule has 0 N–H and O–H groups in total.